The Morgan fingerprint density at radius 3 is 3.00 bits per heavy atom. The van der Waals surface area contributed by atoms with Crippen LogP contribution in [0.3, 0.4) is 0 Å². The number of likely N-dealkylation sites (tertiary alicyclic amines) is 1. The number of amides is 1. The number of carbonyl (C=O) groups is 1. The fourth-order valence-electron chi connectivity index (χ4n) is 2.47. The molecular weight excluding hydrogens is 216 g/mol. The molecule has 1 aliphatic heterocycles. The van der Waals surface area contributed by atoms with Gasteiger partial charge < -0.3 is 9.42 Å². The Balaban J connectivity index is 2.21. The second-order valence-electron chi connectivity index (χ2n) is 4.91. The topological polar surface area (TPSA) is 46.3 Å². The first-order chi connectivity index (χ1) is 8.13. The Hall–Kier alpha value is -1.32. The molecule has 1 saturated heterocycles. The van der Waals surface area contributed by atoms with Gasteiger partial charge in [0.25, 0.3) is 5.91 Å². The molecule has 2 rings (SSSR count). The molecule has 1 atom stereocenters. The first kappa shape index (κ1) is 12.1. The molecule has 0 bridgehead atoms. The molecule has 0 aliphatic carbocycles. The van der Waals surface area contributed by atoms with Crippen molar-refractivity contribution in [2.45, 2.75) is 40.0 Å². The highest BCUT2D eigenvalue weighted by Gasteiger charge is 2.27. The lowest BCUT2D eigenvalue weighted by molar-refractivity contribution is 0.0680. The standard InChI is InChI=1S/C13H20N2O2/c1-4-11-12(10(3)17-14-11)13(16)15-7-5-6-9(2)8-15/h9H,4-8H2,1-3H3. The molecule has 0 aromatic carbocycles. The van der Waals surface area contributed by atoms with E-state index >= 15 is 0 Å². The van der Waals surface area contributed by atoms with E-state index in [1.807, 2.05) is 18.7 Å². The maximum atomic E-state index is 12.4. The fraction of sp³-hybridized carbons (Fsp3) is 0.692. The molecule has 94 valence electrons. The molecular formula is C13H20N2O2. The zero-order valence-electron chi connectivity index (χ0n) is 10.8. The van der Waals surface area contributed by atoms with Gasteiger partial charge in [-0.3, -0.25) is 4.79 Å². The Kier molecular flexibility index (Phi) is 3.50. The van der Waals surface area contributed by atoms with Crippen LogP contribution < -0.4 is 0 Å². The van der Waals surface area contributed by atoms with Crippen molar-refractivity contribution in [1.82, 2.24) is 10.1 Å². The summed E-state index contributed by atoms with van der Waals surface area (Å²) in [5.74, 6) is 1.33. The van der Waals surface area contributed by atoms with Crippen LogP contribution >= 0.6 is 0 Å². The van der Waals surface area contributed by atoms with E-state index < -0.39 is 0 Å². The average molecular weight is 236 g/mol. The zero-order chi connectivity index (χ0) is 12.4. The number of carbonyl (C=O) groups excluding carboxylic acids is 1. The molecule has 1 fully saturated rings. The van der Waals surface area contributed by atoms with E-state index in [-0.39, 0.29) is 5.91 Å². The van der Waals surface area contributed by atoms with Crippen molar-refractivity contribution < 1.29 is 9.32 Å². The molecule has 1 amide bonds. The van der Waals surface area contributed by atoms with Crippen LogP contribution in [-0.2, 0) is 6.42 Å². The third-order valence-corrected chi connectivity index (χ3v) is 3.43. The van der Waals surface area contributed by atoms with Gasteiger partial charge in [-0.2, -0.15) is 0 Å². The molecule has 1 aromatic heterocycles. The largest absolute Gasteiger partial charge is 0.361 e. The van der Waals surface area contributed by atoms with Gasteiger partial charge in [0.05, 0.1) is 5.69 Å². The average Bonchev–Trinajstić information content (AvgIpc) is 2.69. The zero-order valence-corrected chi connectivity index (χ0v) is 10.8. The highest BCUT2D eigenvalue weighted by atomic mass is 16.5. The lowest BCUT2D eigenvalue weighted by Crippen LogP contribution is -2.39. The number of aryl methyl sites for hydroxylation is 2. The van der Waals surface area contributed by atoms with Crippen molar-refractivity contribution >= 4 is 5.91 Å². The van der Waals surface area contributed by atoms with E-state index in [2.05, 4.69) is 12.1 Å². The van der Waals surface area contributed by atoms with E-state index in [0.29, 0.717) is 17.2 Å². The van der Waals surface area contributed by atoms with Crippen molar-refractivity contribution in [3.8, 4) is 0 Å². The predicted molar refractivity (Wildman–Crippen MR) is 64.9 cm³/mol. The summed E-state index contributed by atoms with van der Waals surface area (Å²) in [4.78, 5) is 14.4. The van der Waals surface area contributed by atoms with E-state index in [1.165, 1.54) is 6.42 Å². The normalized spacial score (nSPS) is 20.6. The minimum absolute atomic E-state index is 0.0900. The summed E-state index contributed by atoms with van der Waals surface area (Å²) in [7, 11) is 0. The smallest absolute Gasteiger partial charge is 0.259 e. The minimum atomic E-state index is 0.0900. The second-order valence-corrected chi connectivity index (χ2v) is 4.91. The predicted octanol–water partition coefficient (Wildman–Crippen LogP) is 2.42. The van der Waals surface area contributed by atoms with Gasteiger partial charge in [0.2, 0.25) is 0 Å². The molecule has 1 aliphatic rings. The fourth-order valence-corrected chi connectivity index (χ4v) is 2.47. The molecule has 2 heterocycles. The molecule has 17 heavy (non-hydrogen) atoms. The molecule has 4 nitrogen and oxygen atoms in total. The summed E-state index contributed by atoms with van der Waals surface area (Å²) in [6.07, 6.45) is 3.05. The van der Waals surface area contributed by atoms with Crippen LogP contribution in [0, 0.1) is 12.8 Å². The van der Waals surface area contributed by atoms with Crippen molar-refractivity contribution in [2.75, 3.05) is 13.1 Å². The maximum absolute atomic E-state index is 12.4. The third kappa shape index (κ3) is 2.35. The number of hydrogen-bond donors (Lipinski definition) is 0. The molecule has 0 spiro atoms. The quantitative estimate of drug-likeness (QED) is 0.792. The number of hydrogen-bond acceptors (Lipinski definition) is 3. The number of rotatable bonds is 2. The Labute approximate surface area is 102 Å². The highest BCUT2D eigenvalue weighted by molar-refractivity contribution is 5.96. The van der Waals surface area contributed by atoms with Crippen LogP contribution in [0.1, 0.15) is 48.5 Å². The van der Waals surface area contributed by atoms with Crippen LogP contribution in [0.25, 0.3) is 0 Å². The van der Waals surface area contributed by atoms with E-state index in [0.717, 1.165) is 31.6 Å². The SMILES string of the molecule is CCc1noc(C)c1C(=O)N1CCCC(C)C1. The van der Waals surface area contributed by atoms with E-state index in [9.17, 15) is 4.79 Å². The number of aromatic nitrogens is 1. The Morgan fingerprint density at radius 2 is 2.35 bits per heavy atom. The van der Waals surface area contributed by atoms with E-state index in [1.54, 1.807) is 0 Å². The molecule has 0 N–H and O–H groups in total. The number of piperidine rings is 1. The van der Waals surface area contributed by atoms with Gasteiger partial charge in [-0.25, -0.2) is 0 Å². The van der Waals surface area contributed by atoms with Crippen LogP contribution in [-0.4, -0.2) is 29.1 Å². The summed E-state index contributed by atoms with van der Waals surface area (Å²) < 4.78 is 5.13. The van der Waals surface area contributed by atoms with Crippen molar-refractivity contribution in [3.63, 3.8) is 0 Å². The van der Waals surface area contributed by atoms with Gasteiger partial charge in [0.1, 0.15) is 11.3 Å². The van der Waals surface area contributed by atoms with Gasteiger partial charge in [0, 0.05) is 13.1 Å². The minimum Gasteiger partial charge on any atom is -0.361 e. The summed E-state index contributed by atoms with van der Waals surface area (Å²) >= 11 is 0. The molecule has 1 aromatic rings. The molecule has 0 saturated carbocycles. The van der Waals surface area contributed by atoms with Gasteiger partial charge >= 0.3 is 0 Å². The summed E-state index contributed by atoms with van der Waals surface area (Å²) in [5, 5.41) is 3.95. The lowest BCUT2D eigenvalue weighted by Gasteiger charge is -2.30. The molecule has 1 unspecified atom stereocenters. The van der Waals surface area contributed by atoms with Crippen LogP contribution in [0.15, 0.2) is 4.52 Å². The van der Waals surface area contributed by atoms with Crippen LogP contribution in [0.4, 0.5) is 0 Å². The Bertz CT molecular complexity index is 412. The Morgan fingerprint density at radius 1 is 1.59 bits per heavy atom. The van der Waals surface area contributed by atoms with Crippen molar-refractivity contribution in [1.29, 1.82) is 0 Å². The summed E-state index contributed by atoms with van der Waals surface area (Å²) in [5.41, 5.74) is 1.47. The van der Waals surface area contributed by atoms with Crippen molar-refractivity contribution in [3.05, 3.63) is 17.0 Å². The first-order valence-electron chi connectivity index (χ1n) is 6.37. The van der Waals surface area contributed by atoms with E-state index in [4.69, 9.17) is 4.52 Å². The van der Waals surface area contributed by atoms with Gasteiger partial charge in [0.15, 0.2) is 0 Å². The molecule has 4 heteroatoms. The van der Waals surface area contributed by atoms with Gasteiger partial charge in [-0.05, 0) is 32.1 Å². The maximum Gasteiger partial charge on any atom is 0.259 e. The number of nitrogens with zero attached hydrogens (tertiary/aromatic N) is 2. The molecule has 0 radical (unpaired) electrons. The van der Waals surface area contributed by atoms with Gasteiger partial charge in [-0.15, -0.1) is 0 Å². The third-order valence-electron chi connectivity index (χ3n) is 3.43. The summed E-state index contributed by atoms with van der Waals surface area (Å²) in [6.45, 7) is 7.71. The van der Waals surface area contributed by atoms with Crippen LogP contribution in [0.2, 0.25) is 0 Å². The lowest BCUT2D eigenvalue weighted by atomic mass is 9.99. The monoisotopic (exact) mass is 236 g/mol. The van der Waals surface area contributed by atoms with Gasteiger partial charge in [-0.1, -0.05) is 19.0 Å². The first-order valence-corrected chi connectivity index (χ1v) is 6.37. The van der Waals surface area contributed by atoms with Crippen molar-refractivity contribution in [2.24, 2.45) is 5.92 Å². The van der Waals surface area contributed by atoms with Crippen LogP contribution in [0.5, 0.6) is 0 Å². The highest BCUT2D eigenvalue weighted by Crippen LogP contribution is 2.21. The second kappa shape index (κ2) is 4.90. The summed E-state index contributed by atoms with van der Waals surface area (Å²) in [6, 6.07) is 0.